The molecule has 2 heterocycles. The molecule has 0 aromatic carbocycles. The summed E-state index contributed by atoms with van der Waals surface area (Å²) in [5, 5.41) is 13.2. The van der Waals surface area contributed by atoms with Gasteiger partial charge >= 0.3 is 5.97 Å². The molecule has 106 valence electrons. The van der Waals surface area contributed by atoms with Crippen LogP contribution in [0.15, 0.2) is 6.07 Å². The van der Waals surface area contributed by atoms with Crippen LogP contribution in [0, 0.1) is 0 Å². The molecular formula is C13H21N3O3. The molecule has 19 heavy (non-hydrogen) atoms. The van der Waals surface area contributed by atoms with Gasteiger partial charge in [0.1, 0.15) is 0 Å². The number of rotatable bonds is 5. The van der Waals surface area contributed by atoms with Gasteiger partial charge < -0.3 is 9.84 Å². The van der Waals surface area contributed by atoms with Gasteiger partial charge in [0.2, 0.25) is 0 Å². The summed E-state index contributed by atoms with van der Waals surface area (Å²) in [5.74, 6) is -0.805. The fourth-order valence-electron chi connectivity index (χ4n) is 2.36. The molecule has 0 radical (unpaired) electrons. The normalized spacial score (nSPS) is 20.6. The first kappa shape index (κ1) is 14.0. The molecule has 6 nitrogen and oxygen atoms in total. The molecule has 1 atom stereocenters. The molecule has 2 rings (SSSR count). The molecule has 1 N–H and O–H groups in total. The van der Waals surface area contributed by atoms with Crippen molar-refractivity contribution < 1.29 is 14.6 Å². The molecule has 1 aliphatic rings. The highest BCUT2D eigenvalue weighted by molar-refractivity contribution is 5.67. The highest BCUT2D eigenvalue weighted by atomic mass is 16.5. The van der Waals surface area contributed by atoms with Gasteiger partial charge in [-0.05, 0) is 12.5 Å². The molecule has 0 bridgehead atoms. The Hall–Kier alpha value is -1.40. The van der Waals surface area contributed by atoms with Gasteiger partial charge in [-0.1, -0.05) is 6.92 Å². The van der Waals surface area contributed by atoms with Gasteiger partial charge in [-0.15, -0.1) is 0 Å². The van der Waals surface area contributed by atoms with E-state index in [9.17, 15) is 4.79 Å². The van der Waals surface area contributed by atoms with Crippen molar-refractivity contribution in [1.29, 1.82) is 0 Å². The molecule has 0 saturated carbocycles. The van der Waals surface area contributed by atoms with Gasteiger partial charge in [0.25, 0.3) is 0 Å². The minimum atomic E-state index is -0.805. The number of ether oxygens (including phenoxy) is 1. The number of carbonyl (C=O) groups is 1. The lowest BCUT2D eigenvalue weighted by molar-refractivity contribution is -0.142. The third-order valence-corrected chi connectivity index (χ3v) is 3.40. The molecule has 6 heteroatoms. The second-order valence-electron chi connectivity index (χ2n) is 4.93. The molecule has 0 aliphatic carbocycles. The number of hydrogen-bond donors (Lipinski definition) is 1. The molecule has 1 fully saturated rings. The Balaban J connectivity index is 1.94. The molecule has 0 spiro atoms. The summed E-state index contributed by atoms with van der Waals surface area (Å²) in [5.41, 5.74) is 2.25. The number of aliphatic carboxylic acids is 1. The van der Waals surface area contributed by atoms with Crippen molar-refractivity contribution in [3.05, 3.63) is 17.5 Å². The molecule has 1 aromatic heterocycles. The summed E-state index contributed by atoms with van der Waals surface area (Å²) in [6.45, 7) is 4.98. The number of aromatic nitrogens is 2. The van der Waals surface area contributed by atoms with Gasteiger partial charge in [0.15, 0.2) is 0 Å². The Bertz CT molecular complexity index is 444. The number of nitrogens with zero attached hydrogens (tertiary/aromatic N) is 3. The van der Waals surface area contributed by atoms with Gasteiger partial charge in [-0.25, -0.2) is 0 Å². The summed E-state index contributed by atoms with van der Waals surface area (Å²) in [7, 11) is 1.95. The molecule has 1 unspecified atom stereocenters. The van der Waals surface area contributed by atoms with E-state index in [0.29, 0.717) is 13.2 Å². The average Bonchev–Trinajstić information content (AvgIpc) is 2.70. The first-order valence-corrected chi connectivity index (χ1v) is 6.66. The smallest absolute Gasteiger partial charge is 0.306 e. The van der Waals surface area contributed by atoms with E-state index < -0.39 is 5.97 Å². The Morgan fingerprint density at radius 2 is 2.42 bits per heavy atom. The lowest BCUT2D eigenvalue weighted by atomic mass is 10.2. The van der Waals surface area contributed by atoms with E-state index in [1.165, 1.54) is 0 Å². The number of aryl methyl sites for hydroxylation is 2. The lowest BCUT2D eigenvalue weighted by Gasteiger charge is -2.32. The Labute approximate surface area is 113 Å². The maximum atomic E-state index is 10.7. The minimum absolute atomic E-state index is 0.0715. The van der Waals surface area contributed by atoms with Crippen molar-refractivity contribution in [1.82, 2.24) is 14.7 Å². The Morgan fingerprint density at radius 1 is 1.63 bits per heavy atom. The van der Waals surface area contributed by atoms with Crippen LogP contribution in [0.25, 0.3) is 0 Å². The van der Waals surface area contributed by atoms with E-state index in [1.807, 2.05) is 11.7 Å². The van der Waals surface area contributed by atoms with Crippen LogP contribution in [-0.2, 0) is 29.5 Å². The largest absolute Gasteiger partial charge is 0.481 e. The first-order valence-electron chi connectivity index (χ1n) is 6.66. The summed E-state index contributed by atoms with van der Waals surface area (Å²) in [6, 6.07) is 2.11. The predicted octanol–water partition coefficient (Wildman–Crippen LogP) is 0.658. The van der Waals surface area contributed by atoms with Crippen LogP contribution in [0.3, 0.4) is 0 Å². The van der Waals surface area contributed by atoms with Crippen LogP contribution in [0.5, 0.6) is 0 Å². The molecular weight excluding hydrogens is 246 g/mol. The van der Waals surface area contributed by atoms with Gasteiger partial charge in [-0.3, -0.25) is 14.4 Å². The van der Waals surface area contributed by atoms with Crippen molar-refractivity contribution >= 4 is 5.97 Å². The number of morpholine rings is 1. The van der Waals surface area contributed by atoms with Crippen molar-refractivity contribution in [2.24, 2.45) is 7.05 Å². The van der Waals surface area contributed by atoms with Gasteiger partial charge in [0.05, 0.1) is 30.5 Å². The molecule has 1 saturated heterocycles. The summed E-state index contributed by atoms with van der Waals surface area (Å²) in [6.07, 6.45) is 0.797. The van der Waals surface area contributed by atoms with Crippen molar-refractivity contribution in [2.45, 2.75) is 32.4 Å². The lowest BCUT2D eigenvalue weighted by Crippen LogP contribution is -2.43. The van der Waals surface area contributed by atoms with Crippen molar-refractivity contribution in [3.8, 4) is 0 Å². The van der Waals surface area contributed by atoms with Crippen LogP contribution in [0.4, 0.5) is 0 Å². The van der Waals surface area contributed by atoms with Crippen LogP contribution >= 0.6 is 0 Å². The van der Waals surface area contributed by atoms with Crippen LogP contribution in [0.2, 0.25) is 0 Å². The van der Waals surface area contributed by atoms with E-state index in [-0.39, 0.29) is 12.5 Å². The van der Waals surface area contributed by atoms with Crippen molar-refractivity contribution in [2.75, 3.05) is 19.7 Å². The van der Waals surface area contributed by atoms with Crippen LogP contribution < -0.4 is 0 Å². The van der Waals surface area contributed by atoms with Gasteiger partial charge in [-0.2, -0.15) is 5.10 Å². The second kappa shape index (κ2) is 6.16. The van der Waals surface area contributed by atoms with Gasteiger partial charge in [0, 0.05) is 26.7 Å². The maximum absolute atomic E-state index is 10.7. The zero-order chi connectivity index (χ0) is 13.8. The SMILES string of the molecule is CCc1cc(CN2CCOC(CC(=O)O)C2)n(C)n1. The zero-order valence-corrected chi connectivity index (χ0v) is 11.5. The van der Waals surface area contributed by atoms with Crippen LogP contribution in [-0.4, -0.2) is 51.6 Å². The van der Waals surface area contributed by atoms with E-state index in [2.05, 4.69) is 23.0 Å². The summed E-state index contributed by atoms with van der Waals surface area (Å²) < 4.78 is 7.37. The molecule has 1 aliphatic heterocycles. The standard InChI is InChI=1S/C13H21N3O3/c1-3-10-6-11(15(2)14-10)8-16-4-5-19-12(9-16)7-13(17)18/h6,12H,3-5,7-9H2,1-2H3,(H,17,18). The summed E-state index contributed by atoms with van der Waals surface area (Å²) >= 11 is 0. The summed E-state index contributed by atoms with van der Waals surface area (Å²) in [4.78, 5) is 12.9. The highest BCUT2D eigenvalue weighted by Gasteiger charge is 2.23. The number of carboxylic acid groups (broad SMARTS) is 1. The highest BCUT2D eigenvalue weighted by Crippen LogP contribution is 2.13. The topological polar surface area (TPSA) is 67.6 Å². The minimum Gasteiger partial charge on any atom is -0.481 e. The fraction of sp³-hybridized carbons (Fsp3) is 0.692. The zero-order valence-electron chi connectivity index (χ0n) is 11.5. The predicted molar refractivity (Wildman–Crippen MR) is 69.9 cm³/mol. The van der Waals surface area contributed by atoms with E-state index >= 15 is 0 Å². The Kier molecular flexibility index (Phi) is 4.55. The van der Waals surface area contributed by atoms with E-state index in [4.69, 9.17) is 9.84 Å². The monoisotopic (exact) mass is 267 g/mol. The molecule has 1 aromatic rings. The third kappa shape index (κ3) is 3.78. The third-order valence-electron chi connectivity index (χ3n) is 3.40. The number of carboxylic acids is 1. The second-order valence-corrected chi connectivity index (χ2v) is 4.93. The van der Waals surface area contributed by atoms with Crippen LogP contribution in [0.1, 0.15) is 24.7 Å². The average molecular weight is 267 g/mol. The number of hydrogen-bond acceptors (Lipinski definition) is 4. The van der Waals surface area contributed by atoms with Crippen molar-refractivity contribution in [3.63, 3.8) is 0 Å². The Morgan fingerprint density at radius 3 is 3.05 bits per heavy atom. The molecule has 0 amide bonds. The fourth-order valence-corrected chi connectivity index (χ4v) is 2.36. The van der Waals surface area contributed by atoms with E-state index in [1.54, 1.807) is 0 Å². The maximum Gasteiger partial charge on any atom is 0.306 e. The van der Waals surface area contributed by atoms with E-state index in [0.717, 1.165) is 30.9 Å². The first-order chi connectivity index (χ1) is 9.08. The quantitative estimate of drug-likeness (QED) is 0.848.